The monoisotopic (exact) mass is 640 g/mol. The molecule has 0 fully saturated rings. The molecule has 1 aliphatic heterocycles. The van der Waals surface area contributed by atoms with Crippen molar-refractivity contribution in [1.29, 1.82) is 0 Å². The molecule has 6 aromatic rings. The number of nitrogens with zero attached hydrogens (tertiary/aromatic N) is 3. The zero-order chi connectivity index (χ0) is 32.7. The van der Waals surface area contributed by atoms with Gasteiger partial charge in [-0.15, -0.1) is 0 Å². The third-order valence-electron chi connectivity index (χ3n) is 7.74. The molecular formula is C35H33FN4O5S. The van der Waals surface area contributed by atoms with E-state index in [1.807, 2.05) is 34.9 Å². The number of anilines is 1. The summed E-state index contributed by atoms with van der Waals surface area (Å²) in [6, 6.07) is 22.5. The smallest absolute Gasteiger partial charge is 0.255 e. The first-order valence-electron chi connectivity index (χ1n) is 14.8. The molecule has 1 amide bonds. The molecule has 3 aromatic carbocycles. The summed E-state index contributed by atoms with van der Waals surface area (Å²) >= 11 is 0. The molecule has 0 saturated heterocycles. The number of hydrogen-bond acceptors (Lipinski definition) is 6. The van der Waals surface area contributed by atoms with Crippen molar-refractivity contribution >= 4 is 43.5 Å². The third kappa shape index (κ3) is 5.36. The molecule has 0 unspecified atom stereocenters. The molecule has 46 heavy (non-hydrogen) atoms. The van der Waals surface area contributed by atoms with Gasteiger partial charge in [0, 0.05) is 42.1 Å². The summed E-state index contributed by atoms with van der Waals surface area (Å²) in [4.78, 5) is 18.2. The van der Waals surface area contributed by atoms with Crippen molar-refractivity contribution in [3.8, 4) is 39.7 Å². The van der Waals surface area contributed by atoms with Gasteiger partial charge in [-0.05, 0) is 54.6 Å². The van der Waals surface area contributed by atoms with Crippen molar-refractivity contribution < 1.29 is 26.8 Å². The van der Waals surface area contributed by atoms with E-state index in [1.165, 1.54) is 44.8 Å². The van der Waals surface area contributed by atoms with Crippen LogP contribution in [-0.2, 0) is 16.8 Å². The minimum Gasteiger partial charge on any atom is -0.470 e. The molecule has 0 atom stereocenters. The van der Waals surface area contributed by atoms with E-state index >= 15 is 0 Å². The molecule has 0 spiro atoms. The lowest BCUT2D eigenvalue weighted by atomic mass is 10.0. The number of para-hydroxylation sites is 1. The van der Waals surface area contributed by atoms with Crippen LogP contribution in [0, 0.1) is 5.82 Å². The maximum atomic E-state index is 13.7. The van der Waals surface area contributed by atoms with Crippen LogP contribution in [0.25, 0.3) is 55.8 Å². The van der Waals surface area contributed by atoms with E-state index in [0.717, 1.165) is 27.2 Å². The average Bonchev–Trinajstić information content (AvgIpc) is 3.62. The van der Waals surface area contributed by atoms with Crippen LogP contribution >= 0.6 is 0 Å². The van der Waals surface area contributed by atoms with Gasteiger partial charge in [-0.2, -0.15) is 0 Å². The van der Waals surface area contributed by atoms with Crippen molar-refractivity contribution in [3.63, 3.8) is 0 Å². The SMILES string of the molecule is CCC.CNC(=O)c1c(-c2ccc(F)cc2)oc2cc(N(C)S(C)(=O)=O)c(-c3ccc4c(n3)-c3cc5ccccc5n3CO4)cc12. The molecule has 4 heterocycles. The van der Waals surface area contributed by atoms with Crippen molar-refractivity contribution in [2.75, 3.05) is 24.7 Å². The van der Waals surface area contributed by atoms with Crippen LogP contribution < -0.4 is 14.4 Å². The number of pyridine rings is 1. The first-order valence-corrected chi connectivity index (χ1v) is 16.7. The van der Waals surface area contributed by atoms with Crippen LogP contribution in [0.2, 0.25) is 0 Å². The Labute approximate surface area is 266 Å². The van der Waals surface area contributed by atoms with Gasteiger partial charge in [-0.25, -0.2) is 17.8 Å². The summed E-state index contributed by atoms with van der Waals surface area (Å²) in [7, 11) is -0.752. The Morgan fingerprint density at radius 3 is 2.46 bits per heavy atom. The molecule has 0 aliphatic carbocycles. The first kappa shape index (κ1) is 30.8. The minimum absolute atomic E-state index is 0.232. The Balaban J connectivity index is 0.00000119. The third-order valence-corrected chi connectivity index (χ3v) is 8.93. The van der Waals surface area contributed by atoms with Crippen LogP contribution in [0.15, 0.2) is 83.3 Å². The number of fused-ring (bicyclic) bond motifs is 6. The van der Waals surface area contributed by atoms with Crippen LogP contribution in [0.1, 0.15) is 30.6 Å². The highest BCUT2D eigenvalue weighted by molar-refractivity contribution is 7.92. The summed E-state index contributed by atoms with van der Waals surface area (Å²) in [5.41, 5.74) is 4.75. The van der Waals surface area contributed by atoms with E-state index in [-0.39, 0.29) is 16.9 Å². The number of carbonyl (C=O) groups excluding carboxylic acids is 1. The Morgan fingerprint density at radius 2 is 1.76 bits per heavy atom. The molecular weight excluding hydrogens is 607 g/mol. The molecule has 0 saturated carbocycles. The zero-order valence-electron chi connectivity index (χ0n) is 26.1. The summed E-state index contributed by atoms with van der Waals surface area (Å²) in [5, 5.41) is 4.14. The van der Waals surface area contributed by atoms with Gasteiger partial charge in [0.2, 0.25) is 10.0 Å². The number of halogens is 1. The molecule has 7 rings (SSSR count). The fraction of sp³-hybridized carbons (Fsp3) is 0.200. The molecule has 9 nitrogen and oxygen atoms in total. The second-order valence-corrected chi connectivity index (χ2v) is 13.0. The topological polar surface area (TPSA) is 107 Å². The van der Waals surface area contributed by atoms with E-state index in [2.05, 4.69) is 25.2 Å². The number of benzene rings is 3. The van der Waals surface area contributed by atoms with E-state index in [4.69, 9.17) is 14.1 Å². The normalized spacial score (nSPS) is 12.1. The Bertz CT molecular complexity index is 2220. The van der Waals surface area contributed by atoms with E-state index in [0.29, 0.717) is 46.1 Å². The van der Waals surface area contributed by atoms with Crippen LogP contribution in [0.5, 0.6) is 5.75 Å². The second kappa shape index (κ2) is 12.0. The molecule has 1 N–H and O–H groups in total. The lowest BCUT2D eigenvalue weighted by Gasteiger charge is -2.23. The number of sulfonamides is 1. The van der Waals surface area contributed by atoms with Crippen LogP contribution in [0.4, 0.5) is 10.1 Å². The number of amides is 1. The fourth-order valence-electron chi connectivity index (χ4n) is 5.51. The van der Waals surface area contributed by atoms with Crippen molar-refractivity contribution in [2.45, 2.75) is 27.0 Å². The number of nitrogens with one attached hydrogen (secondary N) is 1. The van der Waals surface area contributed by atoms with E-state index in [1.54, 1.807) is 18.2 Å². The zero-order valence-corrected chi connectivity index (χ0v) is 26.9. The number of hydrogen-bond donors (Lipinski definition) is 1. The average molecular weight is 641 g/mol. The maximum Gasteiger partial charge on any atom is 0.255 e. The van der Waals surface area contributed by atoms with Gasteiger partial charge in [0.15, 0.2) is 6.73 Å². The predicted octanol–water partition coefficient (Wildman–Crippen LogP) is 7.44. The van der Waals surface area contributed by atoms with Crippen molar-refractivity contribution in [1.82, 2.24) is 14.9 Å². The van der Waals surface area contributed by atoms with Gasteiger partial charge in [0.1, 0.15) is 28.6 Å². The maximum absolute atomic E-state index is 13.7. The lowest BCUT2D eigenvalue weighted by molar-refractivity contribution is 0.0964. The summed E-state index contributed by atoms with van der Waals surface area (Å²) in [6.45, 7) is 4.58. The van der Waals surface area contributed by atoms with Crippen LogP contribution in [-0.4, -0.2) is 44.2 Å². The summed E-state index contributed by atoms with van der Waals surface area (Å²) in [6.07, 6.45) is 2.36. The number of rotatable bonds is 5. The Hall–Kier alpha value is -5.16. The Morgan fingerprint density at radius 1 is 1.04 bits per heavy atom. The summed E-state index contributed by atoms with van der Waals surface area (Å²) in [5.74, 6) is -0.00588. The fourth-order valence-corrected chi connectivity index (χ4v) is 6.02. The van der Waals surface area contributed by atoms with E-state index < -0.39 is 21.7 Å². The van der Waals surface area contributed by atoms with Crippen LogP contribution in [0.3, 0.4) is 0 Å². The number of ether oxygens (including phenoxy) is 1. The van der Waals surface area contributed by atoms with Gasteiger partial charge in [-0.1, -0.05) is 38.5 Å². The van der Waals surface area contributed by atoms with Gasteiger partial charge in [0.05, 0.1) is 34.4 Å². The second-order valence-electron chi connectivity index (χ2n) is 11.0. The van der Waals surface area contributed by atoms with Gasteiger partial charge >= 0.3 is 0 Å². The van der Waals surface area contributed by atoms with Gasteiger partial charge in [0.25, 0.3) is 5.91 Å². The van der Waals surface area contributed by atoms with Crippen molar-refractivity contribution in [2.24, 2.45) is 0 Å². The number of aromatic nitrogens is 2. The number of furan rings is 1. The Kier molecular flexibility index (Phi) is 8.03. The lowest BCUT2D eigenvalue weighted by Crippen LogP contribution is -2.25. The molecule has 1 aliphatic rings. The summed E-state index contributed by atoms with van der Waals surface area (Å²) < 4.78 is 54.7. The van der Waals surface area contributed by atoms with Gasteiger partial charge < -0.3 is 19.0 Å². The van der Waals surface area contributed by atoms with Gasteiger partial charge in [-0.3, -0.25) is 9.10 Å². The molecule has 0 radical (unpaired) electrons. The highest BCUT2D eigenvalue weighted by Crippen LogP contribution is 2.43. The predicted molar refractivity (Wildman–Crippen MR) is 179 cm³/mol. The highest BCUT2D eigenvalue weighted by Gasteiger charge is 2.28. The standard InChI is InChI=1S/C32H25FN4O5S.C3H8/c1-34-32(38)29-22-15-21(23-12-13-27-30(35-23)26-14-19-6-4-5-7-24(19)37(26)17-41-27)25(36(2)43(3,39)40)16-28(22)42-31(29)18-8-10-20(33)11-9-18;1-3-2/h4-16H,17H2,1-3H3,(H,34,38);3H2,1-2H3. The van der Waals surface area contributed by atoms with E-state index in [9.17, 15) is 17.6 Å². The first-order chi connectivity index (χ1) is 22.0. The van der Waals surface area contributed by atoms with Crippen molar-refractivity contribution in [3.05, 3.63) is 90.2 Å². The largest absolute Gasteiger partial charge is 0.470 e. The molecule has 3 aromatic heterocycles. The molecule has 236 valence electrons. The minimum atomic E-state index is -3.71. The quantitative estimate of drug-likeness (QED) is 0.210. The highest BCUT2D eigenvalue weighted by atomic mass is 32.2. The molecule has 0 bridgehead atoms. The number of carbonyl (C=O) groups is 1. The molecule has 11 heteroatoms.